The van der Waals surface area contributed by atoms with Crippen LogP contribution in [0.5, 0.6) is 0 Å². The van der Waals surface area contributed by atoms with Gasteiger partial charge in [0.1, 0.15) is 0 Å². The number of aliphatic imine (C=N–C) groups is 1. The number of hydrogen-bond donors (Lipinski definition) is 0. The number of hydrogen-bond acceptors (Lipinski definition) is 2. The Morgan fingerprint density at radius 2 is 1.68 bits per heavy atom. The van der Waals surface area contributed by atoms with E-state index in [1.807, 2.05) is 0 Å². The quantitative estimate of drug-likeness (QED) is 0.699. The van der Waals surface area contributed by atoms with Crippen molar-refractivity contribution in [3.63, 3.8) is 0 Å². The zero-order chi connectivity index (χ0) is 17.6. The zero-order valence-corrected chi connectivity index (χ0v) is 15.7. The molecule has 1 heterocycles. The SMILES string of the molecule is CC(C)[C@@H]1CCN(Cc2ccccc2)[C@@H](C)[C@@H]1N=Cc1ccccc1. The monoisotopic (exact) mass is 334 g/mol. The van der Waals surface area contributed by atoms with E-state index in [0.29, 0.717) is 23.9 Å². The average molecular weight is 335 g/mol. The first-order valence-electron chi connectivity index (χ1n) is 9.51. The topological polar surface area (TPSA) is 15.6 Å². The van der Waals surface area contributed by atoms with E-state index in [9.17, 15) is 0 Å². The highest BCUT2D eigenvalue weighted by Crippen LogP contribution is 2.32. The van der Waals surface area contributed by atoms with Gasteiger partial charge in [0, 0.05) is 18.8 Å². The third-order valence-electron chi connectivity index (χ3n) is 5.54. The van der Waals surface area contributed by atoms with Gasteiger partial charge in [-0.3, -0.25) is 9.89 Å². The molecule has 1 aliphatic rings. The molecule has 0 saturated carbocycles. The second kappa shape index (κ2) is 8.44. The molecule has 2 nitrogen and oxygen atoms in total. The number of benzene rings is 2. The van der Waals surface area contributed by atoms with Crippen LogP contribution in [0.4, 0.5) is 0 Å². The number of nitrogens with zero attached hydrogens (tertiary/aromatic N) is 2. The van der Waals surface area contributed by atoms with Crippen molar-refractivity contribution in [1.82, 2.24) is 4.90 Å². The molecule has 0 aliphatic carbocycles. The van der Waals surface area contributed by atoms with Crippen molar-refractivity contribution in [2.24, 2.45) is 16.8 Å². The van der Waals surface area contributed by atoms with Gasteiger partial charge >= 0.3 is 0 Å². The Labute approximate surface area is 152 Å². The smallest absolute Gasteiger partial charge is 0.0683 e. The minimum atomic E-state index is 0.359. The molecule has 1 aliphatic heterocycles. The van der Waals surface area contributed by atoms with Crippen molar-refractivity contribution >= 4 is 6.21 Å². The predicted molar refractivity (Wildman–Crippen MR) is 107 cm³/mol. The molecule has 0 spiro atoms. The molecule has 0 radical (unpaired) electrons. The molecule has 0 unspecified atom stereocenters. The van der Waals surface area contributed by atoms with Crippen LogP contribution >= 0.6 is 0 Å². The molecule has 3 atom stereocenters. The maximum Gasteiger partial charge on any atom is 0.0683 e. The summed E-state index contributed by atoms with van der Waals surface area (Å²) in [6.45, 7) is 9.22. The minimum Gasteiger partial charge on any atom is -0.294 e. The van der Waals surface area contributed by atoms with E-state index in [2.05, 4.69) is 92.5 Å². The molecule has 25 heavy (non-hydrogen) atoms. The van der Waals surface area contributed by atoms with Gasteiger partial charge in [0.15, 0.2) is 0 Å². The molecule has 0 bridgehead atoms. The van der Waals surface area contributed by atoms with Crippen LogP contribution in [0, 0.1) is 11.8 Å². The van der Waals surface area contributed by atoms with E-state index in [4.69, 9.17) is 4.99 Å². The summed E-state index contributed by atoms with van der Waals surface area (Å²) in [5, 5.41) is 0. The molecule has 0 N–H and O–H groups in total. The summed E-state index contributed by atoms with van der Waals surface area (Å²) < 4.78 is 0. The van der Waals surface area contributed by atoms with Gasteiger partial charge in [0.25, 0.3) is 0 Å². The molecule has 0 aromatic heterocycles. The average Bonchev–Trinajstić information content (AvgIpc) is 2.64. The summed E-state index contributed by atoms with van der Waals surface area (Å²) in [6.07, 6.45) is 3.30. The second-order valence-corrected chi connectivity index (χ2v) is 7.57. The summed E-state index contributed by atoms with van der Waals surface area (Å²) in [5.74, 6) is 1.32. The second-order valence-electron chi connectivity index (χ2n) is 7.57. The Balaban J connectivity index is 1.77. The van der Waals surface area contributed by atoms with Crippen LogP contribution in [-0.4, -0.2) is 29.7 Å². The van der Waals surface area contributed by atoms with Crippen LogP contribution < -0.4 is 0 Å². The molecule has 3 rings (SSSR count). The van der Waals surface area contributed by atoms with Crippen molar-refractivity contribution in [3.05, 3.63) is 71.8 Å². The Morgan fingerprint density at radius 3 is 2.32 bits per heavy atom. The molecular weight excluding hydrogens is 304 g/mol. The van der Waals surface area contributed by atoms with E-state index < -0.39 is 0 Å². The lowest BCUT2D eigenvalue weighted by molar-refractivity contribution is 0.0749. The van der Waals surface area contributed by atoms with E-state index in [0.717, 1.165) is 13.1 Å². The molecular formula is C23H30N2. The highest BCUT2D eigenvalue weighted by Gasteiger charge is 2.36. The normalized spacial score (nSPS) is 24.9. The van der Waals surface area contributed by atoms with Gasteiger partial charge < -0.3 is 0 Å². The van der Waals surface area contributed by atoms with Crippen LogP contribution in [0.15, 0.2) is 65.7 Å². The fourth-order valence-corrected chi connectivity index (χ4v) is 3.98. The molecule has 2 aromatic rings. The summed E-state index contributed by atoms with van der Waals surface area (Å²) >= 11 is 0. The molecule has 1 saturated heterocycles. The van der Waals surface area contributed by atoms with Crippen molar-refractivity contribution in [1.29, 1.82) is 0 Å². The molecule has 132 valence electrons. The Hall–Kier alpha value is -1.93. The summed E-state index contributed by atoms with van der Waals surface area (Å²) in [5.41, 5.74) is 2.58. The van der Waals surface area contributed by atoms with E-state index >= 15 is 0 Å². The number of likely N-dealkylation sites (tertiary alicyclic amines) is 1. The predicted octanol–water partition coefficient (Wildman–Crippen LogP) is 5.04. The number of rotatable bonds is 5. The number of piperidine rings is 1. The zero-order valence-electron chi connectivity index (χ0n) is 15.7. The summed E-state index contributed by atoms with van der Waals surface area (Å²) in [6, 6.07) is 22.1. The highest BCUT2D eigenvalue weighted by atomic mass is 15.2. The van der Waals surface area contributed by atoms with E-state index in [1.165, 1.54) is 17.5 Å². The first-order chi connectivity index (χ1) is 12.1. The van der Waals surface area contributed by atoms with Gasteiger partial charge in [-0.1, -0.05) is 74.5 Å². The van der Waals surface area contributed by atoms with Gasteiger partial charge in [-0.25, -0.2) is 0 Å². The minimum absolute atomic E-state index is 0.359. The lowest BCUT2D eigenvalue weighted by Crippen LogP contribution is -2.50. The Bertz CT molecular complexity index is 663. The van der Waals surface area contributed by atoms with Gasteiger partial charge in [-0.2, -0.15) is 0 Å². The third kappa shape index (κ3) is 4.58. The standard InChI is InChI=1S/C23H30N2/c1-18(2)22-14-15-25(17-21-12-8-5-9-13-21)19(3)23(22)24-16-20-10-6-4-7-11-20/h4-13,16,18-19,22-23H,14-15,17H2,1-3H3/t19-,22-,23-/m0/s1. The van der Waals surface area contributed by atoms with Gasteiger partial charge in [0.05, 0.1) is 6.04 Å². The van der Waals surface area contributed by atoms with Gasteiger partial charge in [-0.15, -0.1) is 0 Å². The van der Waals surface area contributed by atoms with Crippen LogP contribution in [-0.2, 0) is 6.54 Å². The molecule has 1 fully saturated rings. The molecule has 2 heteroatoms. The van der Waals surface area contributed by atoms with Crippen LogP contribution in [0.3, 0.4) is 0 Å². The van der Waals surface area contributed by atoms with E-state index in [-0.39, 0.29) is 0 Å². The lowest BCUT2D eigenvalue weighted by Gasteiger charge is -2.44. The first kappa shape index (κ1) is 17.9. The Morgan fingerprint density at radius 1 is 1.04 bits per heavy atom. The third-order valence-corrected chi connectivity index (χ3v) is 5.54. The largest absolute Gasteiger partial charge is 0.294 e. The first-order valence-corrected chi connectivity index (χ1v) is 9.51. The van der Waals surface area contributed by atoms with Crippen molar-refractivity contribution in [3.8, 4) is 0 Å². The molecule has 0 amide bonds. The fourth-order valence-electron chi connectivity index (χ4n) is 3.98. The van der Waals surface area contributed by atoms with Gasteiger partial charge in [-0.05, 0) is 42.9 Å². The van der Waals surface area contributed by atoms with Crippen molar-refractivity contribution in [2.75, 3.05) is 6.54 Å². The van der Waals surface area contributed by atoms with Crippen LogP contribution in [0.25, 0.3) is 0 Å². The summed E-state index contributed by atoms with van der Waals surface area (Å²) in [7, 11) is 0. The van der Waals surface area contributed by atoms with Crippen LogP contribution in [0.1, 0.15) is 38.3 Å². The maximum atomic E-state index is 5.06. The Kier molecular flexibility index (Phi) is 6.04. The fraction of sp³-hybridized carbons (Fsp3) is 0.435. The van der Waals surface area contributed by atoms with Crippen LogP contribution in [0.2, 0.25) is 0 Å². The highest BCUT2D eigenvalue weighted by molar-refractivity contribution is 5.79. The van der Waals surface area contributed by atoms with Crippen molar-refractivity contribution in [2.45, 2.75) is 45.8 Å². The van der Waals surface area contributed by atoms with Crippen molar-refractivity contribution < 1.29 is 0 Å². The van der Waals surface area contributed by atoms with E-state index in [1.54, 1.807) is 0 Å². The lowest BCUT2D eigenvalue weighted by atomic mass is 9.79. The maximum absolute atomic E-state index is 5.06. The molecule has 2 aromatic carbocycles. The van der Waals surface area contributed by atoms with Gasteiger partial charge in [0.2, 0.25) is 0 Å². The summed E-state index contributed by atoms with van der Waals surface area (Å²) in [4.78, 5) is 7.66.